The van der Waals surface area contributed by atoms with Gasteiger partial charge in [0.05, 0.1) is 19.8 Å². The lowest BCUT2D eigenvalue weighted by atomic mass is 9.98. The Labute approximate surface area is 243 Å². The molecule has 10 nitrogen and oxygen atoms in total. The Bertz CT molecular complexity index is 1180. The van der Waals surface area contributed by atoms with Crippen molar-refractivity contribution in [3.8, 4) is 0 Å². The minimum Gasteiger partial charge on any atom is -0.378 e. The van der Waals surface area contributed by atoms with Gasteiger partial charge in [-0.05, 0) is 43.0 Å². The number of quaternary nitrogens is 1. The van der Waals surface area contributed by atoms with Gasteiger partial charge in [0.25, 0.3) is 17.6 Å². The molecule has 2 unspecified atom stereocenters. The maximum absolute atomic E-state index is 14.1. The first-order chi connectivity index (χ1) is 19.6. The van der Waals surface area contributed by atoms with Gasteiger partial charge >= 0.3 is 18.1 Å². The Morgan fingerprint density at radius 2 is 1.45 bits per heavy atom. The molecule has 2 aliphatic rings. The fraction of sp³-hybridized carbons (Fsp3) is 0.621. The van der Waals surface area contributed by atoms with Crippen molar-refractivity contribution in [2.75, 3.05) is 32.8 Å². The average molecular weight is 598 g/mol. The first-order valence-electron chi connectivity index (χ1n) is 14.2. The molecule has 2 heterocycles. The summed E-state index contributed by atoms with van der Waals surface area (Å²) in [6.07, 6.45) is -4.25. The number of urea groups is 1. The molecule has 0 aliphatic carbocycles. The molecule has 0 spiro atoms. The molecule has 232 valence electrons. The monoisotopic (exact) mass is 597 g/mol. The number of nitrogens with zero attached hydrogens (tertiary/aromatic N) is 2. The number of ketones is 1. The van der Waals surface area contributed by atoms with E-state index in [1.54, 1.807) is 25.7 Å². The normalized spacial score (nSPS) is 22.5. The van der Waals surface area contributed by atoms with Gasteiger partial charge in [0, 0.05) is 37.1 Å². The number of halogens is 3. The van der Waals surface area contributed by atoms with Crippen LogP contribution in [-0.2, 0) is 14.3 Å². The van der Waals surface area contributed by atoms with Gasteiger partial charge in [-0.15, -0.1) is 0 Å². The number of Topliss-reactive ketones (excluding diaryl/α,β-unsaturated/α-hetero) is 1. The standard InChI is InChI=1S/C29H39F3N4O6/c1-17(2)22(24(37)29(30,31)32)34-28(41)36(14-6-7-19(36)5)27(40)23(18(3)4)33-25(38)20-8-10-21(11-9-20)26(39)35-12-15-42-16-13-35/h8-11,17-19,22-23H,6-7,12-16H2,1-5H3,(H-,33,34,38,41)/p+1/t19-,22?,23+,36?/m1/s1. The Morgan fingerprint density at radius 1 is 0.905 bits per heavy atom. The zero-order chi connectivity index (χ0) is 31.4. The van der Waals surface area contributed by atoms with Crippen molar-refractivity contribution in [2.45, 2.75) is 71.8 Å². The molecule has 42 heavy (non-hydrogen) atoms. The topological polar surface area (TPSA) is 122 Å². The lowest BCUT2D eigenvalue weighted by Gasteiger charge is -2.37. The fourth-order valence-corrected chi connectivity index (χ4v) is 5.47. The maximum Gasteiger partial charge on any atom is 0.452 e. The summed E-state index contributed by atoms with van der Waals surface area (Å²) in [5.41, 5.74) is 0.582. The Morgan fingerprint density at radius 3 is 1.93 bits per heavy atom. The molecule has 0 saturated carbocycles. The maximum atomic E-state index is 14.1. The zero-order valence-corrected chi connectivity index (χ0v) is 24.6. The molecule has 2 N–H and O–H groups in total. The van der Waals surface area contributed by atoms with Crippen molar-refractivity contribution in [3.05, 3.63) is 35.4 Å². The van der Waals surface area contributed by atoms with Crippen LogP contribution in [0.15, 0.2) is 24.3 Å². The van der Waals surface area contributed by atoms with Crippen LogP contribution in [0.3, 0.4) is 0 Å². The second kappa shape index (κ2) is 13.3. The number of nitrogens with one attached hydrogen (secondary N) is 2. The van der Waals surface area contributed by atoms with Gasteiger partial charge in [0.15, 0.2) is 0 Å². The number of alkyl halides is 3. The molecule has 2 fully saturated rings. The van der Waals surface area contributed by atoms with Crippen molar-refractivity contribution in [1.29, 1.82) is 0 Å². The van der Waals surface area contributed by atoms with Gasteiger partial charge in [-0.25, -0.2) is 9.59 Å². The third-order valence-corrected chi connectivity index (χ3v) is 8.06. The minimum absolute atomic E-state index is 0.0221. The lowest BCUT2D eigenvalue weighted by Crippen LogP contribution is -2.70. The first-order valence-corrected chi connectivity index (χ1v) is 14.2. The van der Waals surface area contributed by atoms with Crippen LogP contribution in [0.2, 0.25) is 0 Å². The third kappa shape index (κ3) is 7.00. The fourth-order valence-electron chi connectivity index (χ4n) is 5.47. The summed E-state index contributed by atoms with van der Waals surface area (Å²) in [5, 5.41) is 4.93. The number of ether oxygens (including phenoxy) is 1. The van der Waals surface area contributed by atoms with E-state index in [0.29, 0.717) is 44.7 Å². The van der Waals surface area contributed by atoms with E-state index >= 15 is 0 Å². The molecule has 1 aromatic rings. The summed E-state index contributed by atoms with van der Waals surface area (Å²) < 4.78 is 44.3. The number of carbonyl (C=O) groups excluding carboxylic acids is 5. The van der Waals surface area contributed by atoms with Crippen molar-refractivity contribution in [3.63, 3.8) is 0 Å². The molecule has 2 saturated heterocycles. The van der Waals surface area contributed by atoms with Crippen molar-refractivity contribution in [2.24, 2.45) is 11.8 Å². The van der Waals surface area contributed by atoms with Crippen LogP contribution in [0, 0.1) is 11.8 Å². The summed E-state index contributed by atoms with van der Waals surface area (Å²) in [7, 11) is 0. The Hall–Kier alpha value is -3.32. The van der Waals surface area contributed by atoms with E-state index in [-0.39, 0.29) is 18.0 Å². The third-order valence-electron chi connectivity index (χ3n) is 8.06. The van der Waals surface area contributed by atoms with Gasteiger partial charge in [-0.1, -0.05) is 27.7 Å². The van der Waals surface area contributed by atoms with Gasteiger partial charge in [0.1, 0.15) is 18.1 Å². The number of rotatable bonds is 8. The molecule has 1 aromatic carbocycles. The molecule has 5 amide bonds. The van der Waals surface area contributed by atoms with Crippen LogP contribution in [-0.4, -0.2) is 96.1 Å². The number of hydrogen-bond donors (Lipinski definition) is 2. The van der Waals surface area contributed by atoms with E-state index in [1.807, 2.05) is 0 Å². The molecule has 0 bridgehead atoms. The van der Waals surface area contributed by atoms with Crippen molar-refractivity contribution >= 4 is 29.5 Å². The lowest BCUT2D eigenvalue weighted by molar-refractivity contribution is -0.786. The van der Waals surface area contributed by atoms with Crippen LogP contribution in [0.5, 0.6) is 0 Å². The minimum atomic E-state index is -5.16. The molecular weight excluding hydrogens is 557 g/mol. The van der Waals surface area contributed by atoms with Gasteiger partial charge in [0.2, 0.25) is 0 Å². The van der Waals surface area contributed by atoms with Crippen LogP contribution in [0.25, 0.3) is 0 Å². The first kappa shape index (κ1) is 33.2. The van der Waals surface area contributed by atoms with Gasteiger partial charge in [-0.3, -0.25) is 19.7 Å². The van der Waals surface area contributed by atoms with E-state index in [1.165, 1.54) is 38.1 Å². The molecule has 13 heteroatoms. The predicted octanol–water partition coefficient (Wildman–Crippen LogP) is 3.30. The molecule has 2 aliphatic heterocycles. The van der Waals surface area contributed by atoms with E-state index in [0.717, 1.165) is 0 Å². The summed E-state index contributed by atoms with van der Waals surface area (Å²) in [6, 6.07) is 1.38. The van der Waals surface area contributed by atoms with Gasteiger partial charge in [-0.2, -0.15) is 17.7 Å². The SMILES string of the molecule is CC(C)C(NC(=O)[N+]1(C(=O)[C@@H](NC(=O)c2ccc(C(=O)N3CCOCC3)cc2)C(C)C)CCC[C@H]1C)C(=O)C(F)(F)F. The smallest absolute Gasteiger partial charge is 0.378 e. The Balaban J connectivity index is 1.83. The van der Waals surface area contributed by atoms with Crippen LogP contribution < -0.4 is 10.6 Å². The summed E-state index contributed by atoms with van der Waals surface area (Å²) >= 11 is 0. The van der Waals surface area contributed by atoms with Crippen molar-refractivity contribution < 1.29 is 46.4 Å². The second-order valence-electron chi connectivity index (χ2n) is 11.6. The highest BCUT2D eigenvalue weighted by molar-refractivity contribution is 6.00. The van der Waals surface area contributed by atoms with E-state index < -0.39 is 64.2 Å². The van der Waals surface area contributed by atoms with Crippen molar-refractivity contribution in [1.82, 2.24) is 15.5 Å². The van der Waals surface area contributed by atoms with Crippen LogP contribution in [0.4, 0.5) is 18.0 Å². The number of likely N-dealkylation sites (tertiary alicyclic amines) is 1. The number of hydrogen-bond acceptors (Lipinski definition) is 6. The number of benzene rings is 1. The molecule has 4 atom stereocenters. The largest absolute Gasteiger partial charge is 0.452 e. The van der Waals surface area contributed by atoms with Gasteiger partial charge < -0.3 is 15.0 Å². The predicted molar refractivity (Wildman–Crippen MR) is 146 cm³/mol. The van der Waals surface area contributed by atoms with E-state index in [9.17, 15) is 37.1 Å². The van der Waals surface area contributed by atoms with Crippen LogP contribution >= 0.6 is 0 Å². The molecule has 0 radical (unpaired) electrons. The van der Waals surface area contributed by atoms with E-state index in [2.05, 4.69) is 10.6 Å². The average Bonchev–Trinajstić information content (AvgIpc) is 3.35. The van der Waals surface area contributed by atoms with Crippen LogP contribution in [0.1, 0.15) is 68.2 Å². The summed E-state index contributed by atoms with van der Waals surface area (Å²) in [6.45, 7) is 9.64. The molecule has 0 aromatic heterocycles. The molecular formula is C29H40F3N4O6+. The Kier molecular flexibility index (Phi) is 10.5. The summed E-state index contributed by atoms with van der Waals surface area (Å²) in [5.74, 6) is -4.91. The number of carbonyl (C=O) groups is 5. The number of amides is 5. The van der Waals surface area contributed by atoms with E-state index in [4.69, 9.17) is 4.74 Å². The quantitative estimate of drug-likeness (QED) is 0.444. The zero-order valence-electron chi connectivity index (χ0n) is 24.6. The highest BCUT2D eigenvalue weighted by Gasteiger charge is 2.57. The highest BCUT2D eigenvalue weighted by atomic mass is 19.4. The number of morpholine rings is 1. The number of imide groups is 1. The highest BCUT2D eigenvalue weighted by Crippen LogP contribution is 2.31. The summed E-state index contributed by atoms with van der Waals surface area (Å²) in [4.78, 5) is 67.5. The second-order valence-corrected chi connectivity index (χ2v) is 11.6. The molecule has 3 rings (SSSR count).